The monoisotopic (exact) mass is 588 g/mol. The molecule has 0 saturated heterocycles. The lowest BCUT2D eigenvalue weighted by Crippen LogP contribution is -2.27. The number of hydrogen-bond donors (Lipinski definition) is 3. The first-order chi connectivity index (χ1) is 19.8. The van der Waals surface area contributed by atoms with Crippen LogP contribution in [0.5, 0.6) is 0 Å². The van der Waals surface area contributed by atoms with Crippen LogP contribution in [0, 0.1) is 5.82 Å². The minimum absolute atomic E-state index is 0.150. The maximum absolute atomic E-state index is 13.6. The van der Waals surface area contributed by atoms with Crippen LogP contribution in [0.25, 0.3) is 22.3 Å². The van der Waals surface area contributed by atoms with Gasteiger partial charge < -0.3 is 19.6 Å². The Kier molecular flexibility index (Phi) is 11.0. The molecule has 1 aliphatic carbocycles. The molecule has 3 N–H and O–H groups in total. The van der Waals surface area contributed by atoms with Crippen LogP contribution < -0.4 is 5.32 Å². The molecule has 1 amide bonds. The van der Waals surface area contributed by atoms with E-state index in [1.807, 2.05) is 12.1 Å². The number of fused-ring (bicyclic) bond motifs is 1. The van der Waals surface area contributed by atoms with E-state index in [1.165, 1.54) is 16.4 Å². The summed E-state index contributed by atoms with van der Waals surface area (Å²) in [5, 5.41) is 12.0. The quantitative estimate of drug-likeness (QED) is 0.133. The highest BCUT2D eigenvalue weighted by Crippen LogP contribution is 2.45. The molecule has 0 aliphatic heterocycles. The van der Waals surface area contributed by atoms with Gasteiger partial charge in [-0.15, -0.1) is 0 Å². The number of carboxylic acid groups (broad SMARTS) is 1. The number of hydrogen-bond acceptors (Lipinski definition) is 5. The Hall–Kier alpha value is -3.12. The molecule has 1 heterocycles. The van der Waals surface area contributed by atoms with Crippen molar-refractivity contribution in [3.8, 4) is 11.3 Å². The first-order valence-electron chi connectivity index (χ1n) is 14.0. The highest BCUT2D eigenvalue weighted by Gasteiger charge is 2.30. The number of benzene rings is 2. The van der Waals surface area contributed by atoms with E-state index in [4.69, 9.17) is 14.3 Å². The minimum Gasteiger partial charge on any atom is -0.481 e. The van der Waals surface area contributed by atoms with Crippen LogP contribution in [0.1, 0.15) is 78.8 Å². The molecule has 41 heavy (non-hydrogen) atoms. The number of aliphatic carboxylic acids is 1. The van der Waals surface area contributed by atoms with Crippen molar-refractivity contribution >= 4 is 34.1 Å². The Balaban J connectivity index is 1.45. The zero-order valence-corrected chi connectivity index (χ0v) is 24.0. The maximum Gasteiger partial charge on any atom is 0.303 e. The number of halogens is 1. The van der Waals surface area contributed by atoms with Crippen LogP contribution >= 0.6 is 0 Å². The Labute approximate surface area is 241 Å². The number of rotatable bonds is 17. The normalized spacial score (nSPS) is 14.0. The van der Waals surface area contributed by atoms with Crippen LogP contribution in [0.3, 0.4) is 0 Å². The molecule has 0 bridgehead atoms. The van der Waals surface area contributed by atoms with Gasteiger partial charge in [-0.25, -0.2) is 8.60 Å². The second-order valence-electron chi connectivity index (χ2n) is 10.3. The number of nitrogens with zero attached hydrogens (tertiary/aromatic N) is 1. The average Bonchev–Trinajstić information content (AvgIpc) is 3.73. The van der Waals surface area contributed by atoms with Gasteiger partial charge in [0, 0.05) is 50.7 Å². The lowest BCUT2D eigenvalue weighted by Gasteiger charge is -2.20. The summed E-state index contributed by atoms with van der Waals surface area (Å²) in [6, 6.07) is 9.61. The molecule has 0 radical (unpaired) electrons. The second-order valence-corrected chi connectivity index (χ2v) is 11.3. The van der Waals surface area contributed by atoms with Gasteiger partial charge in [-0.1, -0.05) is 0 Å². The van der Waals surface area contributed by atoms with E-state index in [0.29, 0.717) is 72.8 Å². The summed E-state index contributed by atoms with van der Waals surface area (Å²) in [7, 11) is 1.55. The zero-order valence-electron chi connectivity index (χ0n) is 23.2. The number of carbonyl (C=O) groups is 2. The van der Waals surface area contributed by atoms with Gasteiger partial charge in [0.15, 0.2) is 0 Å². The molecule has 4 rings (SSSR count). The van der Waals surface area contributed by atoms with Gasteiger partial charge in [0.05, 0.1) is 5.56 Å². The van der Waals surface area contributed by atoms with Crippen LogP contribution in [0.15, 0.2) is 40.8 Å². The summed E-state index contributed by atoms with van der Waals surface area (Å²) in [5.74, 6) is -0.822. The zero-order chi connectivity index (χ0) is 29.4. The lowest BCUT2D eigenvalue weighted by molar-refractivity contribution is -0.137. The molecular formula is C30H37FN2O7S. The number of nitrogens with one attached hydrogen (secondary N) is 1. The predicted molar refractivity (Wildman–Crippen MR) is 154 cm³/mol. The van der Waals surface area contributed by atoms with Gasteiger partial charge in [-0.3, -0.25) is 14.1 Å². The van der Waals surface area contributed by atoms with Crippen molar-refractivity contribution in [2.75, 3.05) is 26.8 Å². The summed E-state index contributed by atoms with van der Waals surface area (Å²) in [6.07, 6.45) is 5.83. The molecule has 222 valence electrons. The van der Waals surface area contributed by atoms with E-state index in [0.717, 1.165) is 36.8 Å². The molecule has 3 aromatic rings. The molecule has 0 spiro atoms. The Bertz CT molecular complexity index is 1370. The van der Waals surface area contributed by atoms with Crippen LogP contribution in [-0.4, -0.2) is 56.9 Å². The predicted octanol–water partition coefficient (Wildman–Crippen LogP) is 5.86. The van der Waals surface area contributed by atoms with Gasteiger partial charge in [-0.05, 0) is 98.4 Å². The summed E-state index contributed by atoms with van der Waals surface area (Å²) >= 11 is -2.17. The van der Waals surface area contributed by atoms with Crippen molar-refractivity contribution in [2.45, 2.75) is 63.8 Å². The third kappa shape index (κ3) is 8.45. The van der Waals surface area contributed by atoms with Gasteiger partial charge in [0.1, 0.15) is 17.2 Å². The molecule has 2 aromatic carbocycles. The molecular weight excluding hydrogens is 551 g/mol. The van der Waals surface area contributed by atoms with Crippen molar-refractivity contribution in [3.63, 3.8) is 0 Å². The van der Waals surface area contributed by atoms with Crippen molar-refractivity contribution in [1.82, 2.24) is 9.62 Å². The van der Waals surface area contributed by atoms with E-state index in [2.05, 4.69) is 5.32 Å². The topological polar surface area (TPSA) is 129 Å². The lowest BCUT2D eigenvalue weighted by atomic mass is 9.97. The number of furan rings is 1. The third-order valence-electron chi connectivity index (χ3n) is 7.22. The fraction of sp³-hybridized carbons (Fsp3) is 0.467. The Morgan fingerprint density at radius 1 is 1.10 bits per heavy atom. The molecule has 9 nitrogen and oxygen atoms in total. The summed E-state index contributed by atoms with van der Waals surface area (Å²) < 4.78 is 49.1. The van der Waals surface area contributed by atoms with Crippen molar-refractivity contribution in [1.29, 1.82) is 0 Å². The Morgan fingerprint density at radius 3 is 2.44 bits per heavy atom. The largest absolute Gasteiger partial charge is 0.481 e. The summed E-state index contributed by atoms with van der Waals surface area (Å²) in [4.78, 5) is 23.5. The van der Waals surface area contributed by atoms with E-state index in [1.54, 1.807) is 19.2 Å². The molecule has 1 aliphatic rings. The van der Waals surface area contributed by atoms with Gasteiger partial charge in [0.25, 0.3) is 5.91 Å². The van der Waals surface area contributed by atoms with Crippen molar-refractivity contribution in [3.05, 3.63) is 58.9 Å². The van der Waals surface area contributed by atoms with Gasteiger partial charge in [0.2, 0.25) is 11.3 Å². The van der Waals surface area contributed by atoms with Crippen molar-refractivity contribution < 1.29 is 37.0 Å². The number of ether oxygens (including phenoxy) is 1. The van der Waals surface area contributed by atoms with E-state index >= 15 is 0 Å². The Morgan fingerprint density at radius 2 is 1.80 bits per heavy atom. The van der Waals surface area contributed by atoms with Crippen LogP contribution in [0.2, 0.25) is 0 Å². The first kappa shape index (κ1) is 30.8. The molecule has 1 saturated carbocycles. The molecule has 1 atom stereocenters. The smallest absolute Gasteiger partial charge is 0.303 e. The maximum atomic E-state index is 13.6. The molecule has 1 fully saturated rings. The van der Waals surface area contributed by atoms with Gasteiger partial charge >= 0.3 is 5.97 Å². The summed E-state index contributed by atoms with van der Waals surface area (Å²) in [5.41, 5.74) is 3.38. The fourth-order valence-corrected chi connectivity index (χ4v) is 5.46. The minimum atomic E-state index is -2.17. The number of amides is 1. The number of carbonyl (C=O) groups excluding carboxylic acids is 1. The first-order valence-corrected chi connectivity index (χ1v) is 15.1. The van der Waals surface area contributed by atoms with Crippen LogP contribution in [-0.2, 0) is 27.3 Å². The van der Waals surface area contributed by atoms with E-state index < -0.39 is 17.2 Å². The van der Waals surface area contributed by atoms with E-state index in [-0.39, 0.29) is 24.7 Å². The molecule has 11 heteroatoms. The van der Waals surface area contributed by atoms with Crippen LogP contribution in [0.4, 0.5) is 4.39 Å². The van der Waals surface area contributed by atoms with E-state index in [9.17, 15) is 22.7 Å². The average molecular weight is 589 g/mol. The fourth-order valence-electron chi connectivity index (χ4n) is 4.92. The highest BCUT2D eigenvalue weighted by atomic mass is 32.2. The molecule has 1 aromatic heterocycles. The SMILES string of the molecule is CNC(=O)c1c(-c2ccc(F)cc2)oc2cc(CN(CCCCCOCCCCC(=O)O)S(=O)O)c(C3CC3)cc12. The van der Waals surface area contributed by atoms with Gasteiger partial charge in [-0.2, -0.15) is 4.31 Å². The third-order valence-corrected chi connectivity index (χ3v) is 7.97. The highest BCUT2D eigenvalue weighted by molar-refractivity contribution is 7.76. The number of carboxylic acids is 1. The number of unbranched alkanes of at least 4 members (excludes halogenated alkanes) is 3. The standard InChI is InChI=1S/C30H37FN2O7S/c1-32-30(36)28-25-18-24(20-8-9-20)22(17-26(25)40-29(28)21-10-12-23(31)13-11-21)19-33(41(37)38)14-4-2-5-15-39-16-6-3-7-27(34)35/h10-13,17-18,20H,2-9,14-16,19H2,1H3,(H,32,36)(H,34,35)(H,37,38). The van der Waals surface area contributed by atoms with Crippen molar-refractivity contribution in [2.24, 2.45) is 0 Å². The second kappa shape index (κ2) is 14.7. The molecule has 1 unspecified atom stereocenters. The summed E-state index contributed by atoms with van der Waals surface area (Å²) in [6.45, 7) is 1.78.